The molecule has 22 heavy (non-hydrogen) atoms. The highest BCUT2D eigenvalue weighted by Gasteiger charge is 2.40. The second-order valence-electron chi connectivity index (χ2n) is 6.68. The third kappa shape index (κ3) is 9.39. The highest BCUT2D eigenvalue weighted by molar-refractivity contribution is 4.78. The van der Waals surface area contributed by atoms with E-state index in [1.54, 1.807) is 0 Å². The average Bonchev–Trinajstić information content (AvgIpc) is 2.51. The van der Waals surface area contributed by atoms with Gasteiger partial charge in [0.1, 0.15) is 6.61 Å². The summed E-state index contributed by atoms with van der Waals surface area (Å²) in [6.45, 7) is 3.85. The van der Waals surface area contributed by atoms with E-state index in [0.29, 0.717) is 12.8 Å². The Morgan fingerprint density at radius 3 is 1.59 bits per heavy atom. The van der Waals surface area contributed by atoms with Gasteiger partial charge in [-0.15, -0.1) is 0 Å². The van der Waals surface area contributed by atoms with Gasteiger partial charge in [-0.25, -0.2) is 0 Å². The summed E-state index contributed by atoms with van der Waals surface area (Å²) in [6, 6.07) is 0. The van der Waals surface area contributed by atoms with Crippen LogP contribution in [-0.4, -0.2) is 22.2 Å². The van der Waals surface area contributed by atoms with Crippen molar-refractivity contribution in [3.05, 3.63) is 10.1 Å². The number of hydrogen-bond acceptors (Lipinski definition) is 3. The summed E-state index contributed by atoms with van der Waals surface area (Å²) < 4.78 is 0. The zero-order valence-corrected chi connectivity index (χ0v) is 14.8. The summed E-state index contributed by atoms with van der Waals surface area (Å²) in [5.74, 6) is 0. The molecule has 0 radical (unpaired) electrons. The number of aliphatic hydroxyl groups excluding tert-OH is 1. The number of unbranched alkanes of at least 4 members (excludes halogenated alkanes) is 10. The highest BCUT2D eigenvalue weighted by Crippen LogP contribution is 2.24. The predicted octanol–water partition coefficient (Wildman–Crippen LogP) is 5.50. The molecule has 132 valence electrons. The van der Waals surface area contributed by atoms with Crippen molar-refractivity contribution in [2.45, 2.75) is 109 Å². The fourth-order valence-electron chi connectivity index (χ4n) is 3.11. The van der Waals surface area contributed by atoms with Crippen LogP contribution in [0.2, 0.25) is 0 Å². The topological polar surface area (TPSA) is 63.4 Å². The zero-order chi connectivity index (χ0) is 16.7. The van der Waals surface area contributed by atoms with Crippen LogP contribution in [0.25, 0.3) is 0 Å². The minimum atomic E-state index is -1.09. The SMILES string of the molecule is CCCCCCCCCCCCCC(CO)(CCC)[N+](=O)[O-]. The number of nitro groups is 1. The summed E-state index contributed by atoms with van der Waals surface area (Å²) in [4.78, 5) is 10.9. The number of hydrogen-bond donors (Lipinski definition) is 1. The van der Waals surface area contributed by atoms with Crippen molar-refractivity contribution in [3.63, 3.8) is 0 Å². The third-order valence-electron chi connectivity index (χ3n) is 4.64. The molecule has 0 bridgehead atoms. The molecule has 0 saturated carbocycles. The minimum Gasteiger partial charge on any atom is -0.389 e. The van der Waals surface area contributed by atoms with Crippen molar-refractivity contribution in [2.75, 3.05) is 6.61 Å². The van der Waals surface area contributed by atoms with E-state index in [0.717, 1.165) is 19.3 Å². The summed E-state index contributed by atoms with van der Waals surface area (Å²) in [6.07, 6.45) is 15.4. The number of rotatable bonds is 16. The van der Waals surface area contributed by atoms with Gasteiger partial charge in [0.05, 0.1) is 0 Å². The lowest BCUT2D eigenvalue weighted by atomic mass is 9.89. The Hall–Kier alpha value is -0.640. The summed E-state index contributed by atoms with van der Waals surface area (Å²) in [5, 5.41) is 20.6. The summed E-state index contributed by atoms with van der Waals surface area (Å²) in [7, 11) is 0. The molecule has 0 aromatic heterocycles. The predicted molar refractivity (Wildman–Crippen MR) is 92.8 cm³/mol. The second-order valence-corrected chi connectivity index (χ2v) is 6.68. The van der Waals surface area contributed by atoms with Crippen LogP contribution in [0.3, 0.4) is 0 Å². The van der Waals surface area contributed by atoms with E-state index in [-0.39, 0.29) is 11.5 Å². The first-order chi connectivity index (χ1) is 10.6. The van der Waals surface area contributed by atoms with Crippen LogP contribution in [0.1, 0.15) is 104 Å². The molecular formula is C18H37NO3. The van der Waals surface area contributed by atoms with Crippen LogP contribution in [-0.2, 0) is 0 Å². The number of aliphatic hydroxyl groups is 1. The minimum absolute atomic E-state index is 0.257. The van der Waals surface area contributed by atoms with Gasteiger partial charge in [-0.05, 0) is 12.8 Å². The maximum Gasteiger partial charge on any atom is 0.244 e. The van der Waals surface area contributed by atoms with Gasteiger partial charge in [-0.2, -0.15) is 0 Å². The molecule has 1 unspecified atom stereocenters. The molecule has 0 amide bonds. The molecule has 0 aliphatic heterocycles. The van der Waals surface area contributed by atoms with Crippen LogP contribution < -0.4 is 0 Å². The first-order valence-electron chi connectivity index (χ1n) is 9.38. The Kier molecular flexibility index (Phi) is 13.6. The Labute approximate surface area is 136 Å². The molecule has 1 atom stereocenters. The molecule has 0 saturated heterocycles. The lowest BCUT2D eigenvalue weighted by Gasteiger charge is -2.22. The molecule has 0 aromatic rings. The number of nitrogens with zero attached hydrogens (tertiary/aromatic N) is 1. The molecule has 0 aliphatic carbocycles. The maximum absolute atomic E-state index is 11.2. The van der Waals surface area contributed by atoms with E-state index in [1.165, 1.54) is 57.8 Å². The van der Waals surface area contributed by atoms with E-state index in [9.17, 15) is 15.2 Å². The van der Waals surface area contributed by atoms with E-state index >= 15 is 0 Å². The van der Waals surface area contributed by atoms with Gasteiger partial charge >= 0.3 is 0 Å². The summed E-state index contributed by atoms with van der Waals surface area (Å²) in [5.41, 5.74) is -1.09. The van der Waals surface area contributed by atoms with Crippen LogP contribution >= 0.6 is 0 Å². The molecule has 0 aliphatic rings. The van der Waals surface area contributed by atoms with Gasteiger partial charge in [0, 0.05) is 17.8 Å². The molecule has 0 heterocycles. The smallest absolute Gasteiger partial charge is 0.244 e. The Morgan fingerprint density at radius 2 is 1.23 bits per heavy atom. The third-order valence-corrected chi connectivity index (χ3v) is 4.64. The van der Waals surface area contributed by atoms with Crippen molar-refractivity contribution in [2.24, 2.45) is 0 Å². The van der Waals surface area contributed by atoms with E-state index < -0.39 is 5.54 Å². The summed E-state index contributed by atoms with van der Waals surface area (Å²) >= 11 is 0. The van der Waals surface area contributed by atoms with E-state index in [2.05, 4.69) is 6.92 Å². The van der Waals surface area contributed by atoms with Gasteiger partial charge in [0.15, 0.2) is 0 Å². The quantitative estimate of drug-likeness (QED) is 0.232. The first kappa shape index (κ1) is 21.4. The molecule has 0 fully saturated rings. The molecule has 0 aromatic carbocycles. The zero-order valence-electron chi connectivity index (χ0n) is 14.8. The van der Waals surface area contributed by atoms with Crippen molar-refractivity contribution in [1.29, 1.82) is 0 Å². The van der Waals surface area contributed by atoms with E-state index in [1.807, 2.05) is 6.92 Å². The lowest BCUT2D eigenvalue weighted by Crippen LogP contribution is -2.42. The normalized spacial score (nSPS) is 14.0. The largest absolute Gasteiger partial charge is 0.389 e. The van der Waals surface area contributed by atoms with Crippen LogP contribution in [0.5, 0.6) is 0 Å². The van der Waals surface area contributed by atoms with Gasteiger partial charge in [-0.3, -0.25) is 10.1 Å². The van der Waals surface area contributed by atoms with Crippen LogP contribution in [0, 0.1) is 10.1 Å². The van der Waals surface area contributed by atoms with Crippen molar-refractivity contribution in [1.82, 2.24) is 0 Å². The molecule has 0 rings (SSSR count). The van der Waals surface area contributed by atoms with Crippen molar-refractivity contribution in [3.8, 4) is 0 Å². The standard InChI is InChI=1S/C18H37NO3/c1-3-5-6-7-8-9-10-11-12-13-14-16-18(17-20,15-4-2)19(21)22/h20H,3-17H2,1-2H3. The Bertz CT molecular complexity index is 271. The fraction of sp³-hybridized carbons (Fsp3) is 1.00. The van der Waals surface area contributed by atoms with Gasteiger partial charge in [0.25, 0.3) is 0 Å². The second kappa shape index (κ2) is 14.0. The first-order valence-corrected chi connectivity index (χ1v) is 9.38. The fourth-order valence-corrected chi connectivity index (χ4v) is 3.11. The van der Waals surface area contributed by atoms with Crippen LogP contribution in [0.15, 0.2) is 0 Å². The van der Waals surface area contributed by atoms with Gasteiger partial charge in [0.2, 0.25) is 5.54 Å². The van der Waals surface area contributed by atoms with E-state index in [4.69, 9.17) is 0 Å². The van der Waals surface area contributed by atoms with Crippen LogP contribution in [0.4, 0.5) is 0 Å². The molecule has 4 nitrogen and oxygen atoms in total. The average molecular weight is 315 g/mol. The van der Waals surface area contributed by atoms with Gasteiger partial charge in [-0.1, -0.05) is 78.1 Å². The molecule has 4 heteroatoms. The van der Waals surface area contributed by atoms with Crippen molar-refractivity contribution >= 4 is 0 Å². The maximum atomic E-state index is 11.2. The molecular weight excluding hydrogens is 278 g/mol. The highest BCUT2D eigenvalue weighted by atomic mass is 16.6. The molecule has 1 N–H and O–H groups in total. The monoisotopic (exact) mass is 315 g/mol. The lowest BCUT2D eigenvalue weighted by molar-refractivity contribution is -0.576. The Morgan fingerprint density at radius 1 is 0.773 bits per heavy atom. The molecule has 0 spiro atoms. The van der Waals surface area contributed by atoms with Crippen molar-refractivity contribution < 1.29 is 10.0 Å². The Balaban J connectivity index is 3.60. The van der Waals surface area contributed by atoms with Gasteiger partial charge < -0.3 is 5.11 Å².